The lowest BCUT2D eigenvalue weighted by molar-refractivity contribution is 0.309. The molecular weight excluding hydrogens is 276 g/mol. The largest absolute Gasteiger partial charge is 0.504 e. The molecule has 1 N–H and O–H groups in total. The average Bonchev–Trinajstić information content (AvgIpc) is 2.70. The molecule has 3 heteroatoms. The maximum atomic E-state index is 11.3. The molecule has 2 rings (SSSR count). The summed E-state index contributed by atoms with van der Waals surface area (Å²) in [4.78, 5) is 11.3. The number of hydrogen-bond acceptors (Lipinski definition) is 3. The van der Waals surface area contributed by atoms with Crippen LogP contribution < -0.4 is 10.2 Å². The highest BCUT2D eigenvalue weighted by Crippen LogP contribution is 2.12. The first-order valence-corrected chi connectivity index (χ1v) is 7.27. The van der Waals surface area contributed by atoms with Crippen LogP contribution >= 0.6 is 0 Å². The van der Waals surface area contributed by atoms with Crippen LogP contribution in [0.4, 0.5) is 0 Å². The van der Waals surface area contributed by atoms with E-state index in [9.17, 15) is 9.90 Å². The molecule has 0 saturated carbocycles. The highest BCUT2D eigenvalue weighted by atomic mass is 16.5. The molecule has 22 heavy (non-hydrogen) atoms. The third-order valence-corrected chi connectivity index (χ3v) is 3.06. The molecule has 0 aliphatic heterocycles. The highest BCUT2D eigenvalue weighted by molar-refractivity contribution is 5.44. The van der Waals surface area contributed by atoms with Crippen LogP contribution in [0.5, 0.6) is 11.5 Å². The number of ether oxygens (including phenoxy) is 1. The topological polar surface area (TPSA) is 46.5 Å². The number of benzene rings is 1. The molecular formula is C19H18O3. The lowest BCUT2D eigenvalue weighted by Crippen LogP contribution is -1.95. The van der Waals surface area contributed by atoms with Crippen molar-refractivity contribution in [2.75, 3.05) is 6.61 Å². The van der Waals surface area contributed by atoms with E-state index in [0.29, 0.717) is 5.56 Å². The minimum Gasteiger partial charge on any atom is -0.504 e. The molecule has 0 bridgehead atoms. The van der Waals surface area contributed by atoms with E-state index in [4.69, 9.17) is 4.74 Å². The molecule has 0 fully saturated rings. The van der Waals surface area contributed by atoms with Gasteiger partial charge in [0.1, 0.15) is 5.75 Å². The molecule has 0 radical (unpaired) electrons. The zero-order chi connectivity index (χ0) is 15.8. The fourth-order valence-corrected chi connectivity index (χ4v) is 1.75. The quantitative estimate of drug-likeness (QED) is 0.695. The Morgan fingerprint density at radius 1 is 0.955 bits per heavy atom. The number of aromatic hydroxyl groups is 1. The Balaban J connectivity index is 2.08. The van der Waals surface area contributed by atoms with Gasteiger partial charge in [-0.2, -0.15) is 0 Å². The van der Waals surface area contributed by atoms with Gasteiger partial charge >= 0.3 is 0 Å². The Morgan fingerprint density at radius 3 is 2.18 bits per heavy atom. The van der Waals surface area contributed by atoms with Crippen molar-refractivity contribution in [1.82, 2.24) is 0 Å². The first-order chi connectivity index (χ1) is 10.7. The Labute approximate surface area is 130 Å². The third-order valence-electron chi connectivity index (χ3n) is 3.06. The molecule has 0 amide bonds. The molecule has 2 aromatic carbocycles. The number of rotatable bonds is 4. The normalized spacial score (nSPS) is 9.68. The van der Waals surface area contributed by atoms with Crippen molar-refractivity contribution >= 4 is 0 Å². The zero-order valence-corrected chi connectivity index (χ0v) is 12.5. The van der Waals surface area contributed by atoms with Crippen LogP contribution in [0.2, 0.25) is 0 Å². The summed E-state index contributed by atoms with van der Waals surface area (Å²) in [5, 5.41) is 9.33. The number of unbranched alkanes of at least 4 members (excludes halogenated alkanes) is 1. The van der Waals surface area contributed by atoms with E-state index in [1.54, 1.807) is 12.1 Å². The van der Waals surface area contributed by atoms with Crippen LogP contribution in [0.3, 0.4) is 0 Å². The molecule has 0 atom stereocenters. The van der Waals surface area contributed by atoms with Crippen molar-refractivity contribution in [3.05, 3.63) is 69.9 Å². The molecule has 0 unspecified atom stereocenters. The van der Waals surface area contributed by atoms with Gasteiger partial charge in [-0.05, 0) is 55.0 Å². The van der Waals surface area contributed by atoms with Gasteiger partial charge < -0.3 is 9.84 Å². The van der Waals surface area contributed by atoms with Gasteiger partial charge in [0, 0.05) is 11.1 Å². The van der Waals surface area contributed by atoms with Gasteiger partial charge in [-0.1, -0.05) is 25.2 Å². The molecule has 0 aromatic heterocycles. The van der Waals surface area contributed by atoms with Crippen molar-refractivity contribution in [1.29, 1.82) is 0 Å². The Bertz CT molecular complexity index is 737. The van der Waals surface area contributed by atoms with Gasteiger partial charge in [-0.15, -0.1) is 0 Å². The van der Waals surface area contributed by atoms with E-state index in [1.165, 1.54) is 12.1 Å². The second kappa shape index (κ2) is 7.90. The van der Waals surface area contributed by atoms with Crippen molar-refractivity contribution in [3.63, 3.8) is 0 Å². The second-order valence-electron chi connectivity index (χ2n) is 4.85. The van der Waals surface area contributed by atoms with Crippen LogP contribution in [0, 0.1) is 11.8 Å². The van der Waals surface area contributed by atoms with E-state index >= 15 is 0 Å². The SMILES string of the molecule is CCCCOc1ccc(C#Cc2ccc(O)c(=O)cc2)cc1. The van der Waals surface area contributed by atoms with Gasteiger partial charge in [0.05, 0.1) is 6.61 Å². The van der Waals surface area contributed by atoms with Crippen molar-refractivity contribution in [3.8, 4) is 23.3 Å². The zero-order valence-electron chi connectivity index (χ0n) is 12.5. The van der Waals surface area contributed by atoms with Gasteiger partial charge in [-0.3, -0.25) is 4.79 Å². The standard InChI is InChI=1S/C19H18O3/c1-2-3-14-22-17-10-6-15(7-11-17)4-5-16-8-12-18(20)19(21)13-9-16/h6-13H,2-3,14H2,1H3,(H,20,21). The fraction of sp³-hybridized carbons (Fsp3) is 0.211. The molecule has 0 heterocycles. The average molecular weight is 294 g/mol. The smallest absolute Gasteiger partial charge is 0.220 e. The summed E-state index contributed by atoms with van der Waals surface area (Å²) < 4.78 is 5.59. The molecule has 112 valence electrons. The van der Waals surface area contributed by atoms with Crippen LogP contribution in [0.1, 0.15) is 30.9 Å². The summed E-state index contributed by atoms with van der Waals surface area (Å²) in [6, 6.07) is 13.5. The van der Waals surface area contributed by atoms with Crippen LogP contribution in [-0.4, -0.2) is 11.7 Å². The summed E-state index contributed by atoms with van der Waals surface area (Å²) in [7, 11) is 0. The summed E-state index contributed by atoms with van der Waals surface area (Å²) in [5.41, 5.74) is 1.11. The maximum absolute atomic E-state index is 11.3. The van der Waals surface area contributed by atoms with E-state index < -0.39 is 5.43 Å². The Morgan fingerprint density at radius 2 is 1.55 bits per heavy atom. The number of hydrogen-bond donors (Lipinski definition) is 1. The van der Waals surface area contributed by atoms with Crippen LogP contribution in [0.25, 0.3) is 0 Å². The van der Waals surface area contributed by atoms with Crippen molar-refractivity contribution < 1.29 is 9.84 Å². The predicted octanol–water partition coefficient (Wildman–Crippen LogP) is 3.33. The summed E-state index contributed by atoms with van der Waals surface area (Å²) in [6.45, 7) is 2.85. The Hall–Kier alpha value is -2.73. The van der Waals surface area contributed by atoms with Crippen LogP contribution in [-0.2, 0) is 0 Å². The van der Waals surface area contributed by atoms with E-state index in [2.05, 4.69) is 18.8 Å². The van der Waals surface area contributed by atoms with Crippen molar-refractivity contribution in [2.24, 2.45) is 0 Å². The van der Waals surface area contributed by atoms with Crippen molar-refractivity contribution in [2.45, 2.75) is 19.8 Å². The first kappa shape index (κ1) is 15.7. The first-order valence-electron chi connectivity index (χ1n) is 7.27. The maximum Gasteiger partial charge on any atom is 0.220 e. The van der Waals surface area contributed by atoms with E-state index in [1.807, 2.05) is 24.3 Å². The molecule has 0 aliphatic carbocycles. The molecule has 0 aliphatic rings. The minimum atomic E-state index is -0.415. The lowest BCUT2D eigenvalue weighted by atomic mass is 10.2. The molecule has 3 nitrogen and oxygen atoms in total. The van der Waals surface area contributed by atoms with E-state index in [-0.39, 0.29) is 5.75 Å². The highest BCUT2D eigenvalue weighted by Gasteiger charge is 1.94. The fourth-order valence-electron chi connectivity index (χ4n) is 1.75. The molecule has 2 aromatic rings. The summed E-state index contributed by atoms with van der Waals surface area (Å²) in [6.07, 6.45) is 2.15. The molecule has 0 saturated heterocycles. The van der Waals surface area contributed by atoms with Gasteiger partial charge in [0.15, 0.2) is 5.75 Å². The van der Waals surface area contributed by atoms with Crippen LogP contribution in [0.15, 0.2) is 53.3 Å². The lowest BCUT2D eigenvalue weighted by Gasteiger charge is -2.04. The van der Waals surface area contributed by atoms with Gasteiger partial charge in [0.25, 0.3) is 0 Å². The second-order valence-corrected chi connectivity index (χ2v) is 4.85. The van der Waals surface area contributed by atoms with Gasteiger partial charge in [-0.25, -0.2) is 0 Å². The minimum absolute atomic E-state index is 0.276. The summed E-state index contributed by atoms with van der Waals surface area (Å²) >= 11 is 0. The van der Waals surface area contributed by atoms with Gasteiger partial charge in [0.2, 0.25) is 5.43 Å². The predicted molar refractivity (Wildman–Crippen MR) is 87.2 cm³/mol. The third kappa shape index (κ3) is 4.68. The molecule has 0 spiro atoms. The summed E-state index contributed by atoms with van der Waals surface area (Å²) in [5.74, 6) is 6.55. The monoisotopic (exact) mass is 294 g/mol. The van der Waals surface area contributed by atoms with E-state index in [0.717, 1.165) is 30.8 Å². The Kier molecular flexibility index (Phi) is 5.62.